The van der Waals surface area contributed by atoms with E-state index in [4.69, 9.17) is 9.47 Å². The van der Waals surface area contributed by atoms with Crippen LogP contribution in [0.3, 0.4) is 0 Å². The molecular formula is C24H31N3O4. The van der Waals surface area contributed by atoms with Crippen molar-refractivity contribution in [2.75, 3.05) is 20.8 Å². The van der Waals surface area contributed by atoms with Gasteiger partial charge in [-0.2, -0.15) is 0 Å². The average Bonchev–Trinajstić information content (AvgIpc) is 2.81. The number of pyridine rings is 1. The summed E-state index contributed by atoms with van der Waals surface area (Å²) in [6, 6.07) is 11.0. The highest BCUT2D eigenvalue weighted by atomic mass is 16.5. The van der Waals surface area contributed by atoms with Crippen molar-refractivity contribution in [3.05, 3.63) is 53.7 Å². The van der Waals surface area contributed by atoms with Gasteiger partial charge in [-0.25, -0.2) is 4.98 Å². The molecule has 1 aromatic carbocycles. The lowest BCUT2D eigenvalue weighted by Crippen LogP contribution is -2.48. The molecule has 2 aromatic rings. The van der Waals surface area contributed by atoms with E-state index in [9.17, 15) is 9.59 Å². The summed E-state index contributed by atoms with van der Waals surface area (Å²) in [6.45, 7) is 3.09. The number of hydrogen-bond acceptors (Lipinski definition) is 5. The largest absolute Gasteiger partial charge is 0.496 e. The molecule has 7 heteroatoms. The molecule has 1 aromatic heterocycles. The molecule has 0 spiro atoms. The molecule has 166 valence electrons. The smallest absolute Gasteiger partial charge is 0.225 e. The van der Waals surface area contributed by atoms with Crippen LogP contribution in [0.15, 0.2) is 42.6 Å². The quantitative estimate of drug-likeness (QED) is 0.665. The van der Waals surface area contributed by atoms with Gasteiger partial charge in [0.1, 0.15) is 5.75 Å². The highest BCUT2D eigenvalue weighted by Crippen LogP contribution is 2.40. The van der Waals surface area contributed by atoms with E-state index in [1.165, 1.54) is 0 Å². The summed E-state index contributed by atoms with van der Waals surface area (Å²) >= 11 is 0. The third-order valence-corrected chi connectivity index (χ3v) is 5.73. The zero-order valence-electron chi connectivity index (χ0n) is 18.5. The molecular weight excluding hydrogens is 394 g/mol. The fourth-order valence-corrected chi connectivity index (χ4v) is 4.07. The number of rotatable bonds is 9. The molecule has 1 saturated heterocycles. The van der Waals surface area contributed by atoms with Gasteiger partial charge in [0.2, 0.25) is 17.7 Å². The fraction of sp³-hybridized carbons (Fsp3) is 0.458. The van der Waals surface area contributed by atoms with E-state index in [1.54, 1.807) is 26.5 Å². The number of aromatic nitrogens is 1. The minimum atomic E-state index is -0.350. The van der Waals surface area contributed by atoms with Crippen LogP contribution in [-0.4, -0.2) is 42.5 Å². The molecule has 0 radical (unpaired) electrons. The van der Waals surface area contributed by atoms with Gasteiger partial charge in [-0.05, 0) is 24.5 Å². The number of piperidine rings is 1. The van der Waals surface area contributed by atoms with Gasteiger partial charge in [-0.3, -0.25) is 9.59 Å². The molecule has 1 N–H and O–H groups in total. The Morgan fingerprint density at radius 1 is 1.19 bits per heavy atom. The molecule has 2 unspecified atom stereocenters. The van der Waals surface area contributed by atoms with Gasteiger partial charge in [0, 0.05) is 37.3 Å². The summed E-state index contributed by atoms with van der Waals surface area (Å²) in [4.78, 5) is 32.1. The van der Waals surface area contributed by atoms with E-state index in [2.05, 4.69) is 17.2 Å². The Labute approximate surface area is 183 Å². The first-order valence-electron chi connectivity index (χ1n) is 10.8. The first-order valence-corrected chi connectivity index (χ1v) is 10.8. The van der Waals surface area contributed by atoms with Gasteiger partial charge < -0.3 is 19.7 Å². The third kappa shape index (κ3) is 5.34. The topological polar surface area (TPSA) is 80.8 Å². The van der Waals surface area contributed by atoms with Gasteiger partial charge in [0.05, 0.1) is 26.2 Å². The summed E-state index contributed by atoms with van der Waals surface area (Å²) in [5.74, 6) is 0.898. The Morgan fingerprint density at radius 3 is 2.68 bits per heavy atom. The van der Waals surface area contributed by atoms with Crippen LogP contribution in [0.4, 0.5) is 0 Å². The molecule has 0 aliphatic carbocycles. The van der Waals surface area contributed by atoms with Gasteiger partial charge in [0.25, 0.3) is 0 Å². The van der Waals surface area contributed by atoms with Crippen LogP contribution in [0.5, 0.6) is 11.6 Å². The van der Waals surface area contributed by atoms with Crippen LogP contribution >= 0.6 is 0 Å². The maximum atomic E-state index is 13.3. The predicted molar refractivity (Wildman–Crippen MR) is 118 cm³/mol. The molecule has 2 heterocycles. The van der Waals surface area contributed by atoms with Crippen LogP contribution in [0, 0.1) is 5.92 Å². The number of likely N-dealkylation sites (tertiary alicyclic amines) is 1. The van der Waals surface area contributed by atoms with Crippen LogP contribution in [-0.2, 0) is 16.1 Å². The summed E-state index contributed by atoms with van der Waals surface area (Å²) in [5, 5.41) is 3.04. The molecule has 1 aliphatic rings. The standard InChI is InChI=1S/C24H31N3O4/c1-4-5-14-27-22(28)13-11-19(23(27)18-8-6-7-9-20(18)30-2)24(29)26-16-17-10-12-21(31-3)25-15-17/h6-10,12,15,19,23H,4-5,11,13-14,16H2,1-3H3,(H,26,29). The lowest BCUT2D eigenvalue weighted by atomic mass is 9.83. The normalized spacial score (nSPS) is 18.5. The van der Waals surface area contributed by atoms with Gasteiger partial charge >= 0.3 is 0 Å². The summed E-state index contributed by atoms with van der Waals surface area (Å²) in [6.07, 6.45) is 4.44. The van der Waals surface area contributed by atoms with Crippen molar-refractivity contribution in [3.63, 3.8) is 0 Å². The Balaban J connectivity index is 1.84. The molecule has 3 rings (SSSR count). The Bertz CT molecular complexity index is 885. The number of unbranched alkanes of at least 4 members (excludes halogenated alkanes) is 1. The number of nitrogens with zero attached hydrogens (tertiary/aromatic N) is 2. The molecule has 1 aliphatic heterocycles. The maximum Gasteiger partial charge on any atom is 0.225 e. The van der Waals surface area contributed by atoms with E-state index < -0.39 is 0 Å². The van der Waals surface area contributed by atoms with Crippen LogP contribution in [0.1, 0.15) is 49.8 Å². The first-order chi connectivity index (χ1) is 15.1. The van der Waals surface area contributed by atoms with Crippen molar-refractivity contribution >= 4 is 11.8 Å². The summed E-state index contributed by atoms with van der Waals surface area (Å²) < 4.78 is 10.7. The molecule has 0 saturated carbocycles. The van der Waals surface area contributed by atoms with Gasteiger partial charge in [0.15, 0.2) is 0 Å². The number of para-hydroxylation sites is 1. The zero-order valence-corrected chi connectivity index (χ0v) is 18.5. The number of methoxy groups -OCH3 is 2. The van der Waals surface area contributed by atoms with Crippen molar-refractivity contribution < 1.29 is 19.1 Å². The molecule has 2 atom stereocenters. The third-order valence-electron chi connectivity index (χ3n) is 5.73. The SMILES string of the molecule is CCCCN1C(=O)CCC(C(=O)NCc2ccc(OC)nc2)C1c1ccccc1OC. The van der Waals surface area contributed by atoms with Crippen LogP contribution < -0.4 is 14.8 Å². The van der Waals surface area contributed by atoms with Gasteiger partial charge in [-0.1, -0.05) is 37.6 Å². The molecule has 7 nitrogen and oxygen atoms in total. The van der Waals surface area contributed by atoms with Crippen molar-refractivity contribution in [2.24, 2.45) is 5.92 Å². The lowest BCUT2D eigenvalue weighted by Gasteiger charge is -2.41. The minimum absolute atomic E-state index is 0.0688. The summed E-state index contributed by atoms with van der Waals surface area (Å²) in [7, 11) is 3.18. The van der Waals surface area contributed by atoms with E-state index >= 15 is 0 Å². The Hall–Kier alpha value is -3.09. The Kier molecular flexibility index (Phi) is 7.87. The second-order valence-corrected chi connectivity index (χ2v) is 7.70. The second-order valence-electron chi connectivity index (χ2n) is 7.70. The minimum Gasteiger partial charge on any atom is -0.496 e. The summed E-state index contributed by atoms with van der Waals surface area (Å²) in [5.41, 5.74) is 1.76. The average molecular weight is 426 g/mol. The number of benzene rings is 1. The second kappa shape index (κ2) is 10.8. The van der Waals surface area contributed by atoms with Crippen molar-refractivity contribution in [1.82, 2.24) is 15.2 Å². The fourth-order valence-electron chi connectivity index (χ4n) is 4.07. The number of carbonyl (C=O) groups is 2. The van der Waals surface area contributed by atoms with Crippen LogP contribution in [0.25, 0.3) is 0 Å². The number of amides is 2. The molecule has 31 heavy (non-hydrogen) atoms. The van der Waals surface area contributed by atoms with Crippen molar-refractivity contribution in [2.45, 2.75) is 45.2 Å². The van der Waals surface area contributed by atoms with Crippen molar-refractivity contribution in [1.29, 1.82) is 0 Å². The molecule has 2 amide bonds. The number of hydrogen-bond donors (Lipinski definition) is 1. The van der Waals surface area contributed by atoms with Gasteiger partial charge in [-0.15, -0.1) is 0 Å². The lowest BCUT2D eigenvalue weighted by molar-refractivity contribution is -0.143. The molecule has 0 bridgehead atoms. The highest BCUT2D eigenvalue weighted by molar-refractivity contribution is 5.85. The number of nitrogens with one attached hydrogen (secondary N) is 1. The first kappa shape index (κ1) is 22.6. The van der Waals surface area contributed by atoms with E-state index in [-0.39, 0.29) is 23.8 Å². The van der Waals surface area contributed by atoms with E-state index in [1.807, 2.05) is 35.2 Å². The zero-order chi connectivity index (χ0) is 22.2. The Morgan fingerprint density at radius 2 is 2.00 bits per heavy atom. The van der Waals surface area contributed by atoms with Crippen molar-refractivity contribution in [3.8, 4) is 11.6 Å². The number of carbonyl (C=O) groups excluding carboxylic acids is 2. The predicted octanol–water partition coefficient (Wildman–Crippen LogP) is 3.50. The number of ether oxygens (including phenoxy) is 2. The van der Waals surface area contributed by atoms with Crippen LogP contribution in [0.2, 0.25) is 0 Å². The van der Waals surface area contributed by atoms with E-state index in [0.717, 1.165) is 24.0 Å². The highest BCUT2D eigenvalue weighted by Gasteiger charge is 2.41. The van der Waals surface area contributed by atoms with E-state index in [0.29, 0.717) is 37.6 Å². The monoisotopic (exact) mass is 425 g/mol. The maximum absolute atomic E-state index is 13.3. The molecule has 1 fully saturated rings.